The molecule has 1 aromatic carbocycles. The molecule has 3 rings (SSSR count). The van der Waals surface area contributed by atoms with E-state index < -0.39 is 23.3 Å². The topological polar surface area (TPSA) is 72.7 Å². The molecule has 0 amide bonds. The maximum absolute atomic E-state index is 12.8. The van der Waals surface area contributed by atoms with Crippen LogP contribution in [0.2, 0.25) is 0 Å². The maximum Gasteiger partial charge on any atom is 0.334 e. The monoisotopic (exact) mass is 356 g/mol. The summed E-state index contributed by atoms with van der Waals surface area (Å²) in [5.41, 5.74) is -0.0613. The van der Waals surface area contributed by atoms with Gasteiger partial charge < -0.3 is 4.98 Å². The molecule has 6 nitrogen and oxygen atoms in total. The zero-order chi connectivity index (χ0) is 19.6. The minimum atomic E-state index is -0.729. The van der Waals surface area contributed by atoms with E-state index in [2.05, 4.69) is 33.6 Å². The largest absolute Gasteiger partial charge is 0.334 e. The summed E-state index contributed by atoms with van der Waals surface area (Å²) in [5.74, 6) is 11.0. The number of aromatic amines is 1. The van der Waals surface area contributed by atoms with Crippen molar-refractivity contribution in [3.63, 3.8) is 0 Å². The molecule has 0 radical (unpaired) electrons. The van der Waals surface area contributed by atoms with Gasteiger partial charge in [0.05, 0.1) is 12.1 Å². The molecule has 2 unspecified atom stereocenters. The standard InChI is InChI=1S/C21H16N4O2/c1-5-14(3)24-19-18(20(26)25(21(24)27)15(4)6-2)22-17(23-19)13-12-16-10-8-7-9-11-16/h1-2,7-11,14-15H,3-4H3,(H,22,23). The van der Waals surface area contributed by atoms with Gasteiger partial charge in [-0.15, -0.1) is 12.8 Å². The number of H-pyrrole nitrogens is 1. The molecule has 6 heteroatoms. The number of aromatic nitrogens is 4. The Balaban J connectivity index is 2.30. The van der Waals surface area contributed by atoms with Crippen LogP contribution in [0.1, 0.15) is 37.3 Å². The van der Waals surface area contributed by atoms with E-state index in [1.54, 1.807) is 13.8 Å². The molecule has 1 N–H and O–H groups in total. The number of nitrogens with one attached hydrogen (secondary N) is 1. The third-order valence-corrected chi connectivity index (χ3v) is 4.11. The normalized spacial score (nSPS) is 12.4. The van der Waals surface area contributed by atoms with Gasteiger partial charge >= 0.3 is 5.69 Å². The number of terminal acetylenes is 2. The molecule has 0 aliphatic carbocycles. The predicted molar refractivity (Wildman–Crippen MR) is 104 cm³/mol. The smallest absolute Gasteiger partial charge is 0.325 e. The zero-order valence-electron chi connectivity index (χ0n) is 14.9. The lowest BCUT2D eigenvalue weighted by Crippen LogP contribution is -2.42. The molecule has 132 valence electrons. The molecule has 0 spiro atoms. The number of imidazole rings is 1. The quantitative estimate of drug-likeness (QED) is 0.710. The fourth-order valence-corrected chi connectivity index (χ4v) is 2.65. The highest BCUT2D eigenvalue weighted by Gasteiger charge is 2.21. The van der Waals surface area contributed by atoms with Crippen LogP contribution < -0.4 is 11.2 Å². The van der Waals surface area contributed by atoms with Gasteiger partial charge in [0, 0.05) is 5.56 Å². The second kappa shape index (κ2) is 7.12. The Morgan fingerprint density at radius 3 is 2.26 bits per heavy atom. The minimum absolute atomic E-state index is 0.135. The lowest BCUT2D eigenvalue weighted by Gasteiger charge is -2.14. The van der Waals surface area contributed by atoms with Gasteiger partial charge in [-0.25, -0.2) is 14.3 Å². The van der Waals surface area contributed by atoms with Crippen molar-refractivity contribution < 1.29 is 0 Å². The molecule has 2 heterocycles. The highest BCUT2D eigenvalue weighted by atomic mass is 16.2. The summed E-state index contributed by atoms with van der Waals surface area (Å²) in [7, 11) is 0. The first-order valence-corrected chi connectivity index (χ1v) is 8.24. The summed E-state index contributed by atoms with van der Waals surface area (Å²) in [6.07, 6.45) is 10.9. The molecule has 2 aromatic heterocycles. The average molecular weight is 356 g/mol. The Labute approximate surface area is 155 Å². The Morgan fingerprint density at radius 1 is 1.00 bits per heavy atom. The van der Waals surface area contributed by atoms with E-state index >= 15 is 0 Å². The third-order valence-electron chi connectivity index (χ3n) is 4.11. The summed E-state index contributed by atoms with van der Waals surface area (Å²) in [4.78, 5) is 32.8. The van der Waals surface area contributed by atoms with Crippen LogP contribution in [0, 0.1) is 36.5 Å². The van der Waals surface area contributed by atoms with Crippen molar-refractivity contribution in [1.29, 1.82) is 0 Å². The van der Waals surface area contributed by atoms with Crippen LogP contribution in [0.25, 0.3) is 11.2 Å². The van der Waals surface area contributed by atoms with E-state index in [1.807, 2.05) is 30.3 Å². The molecule has 0 saturated heterocycles. The Hall–Kier alpha value is -3.95. The van der Waals surface area contributed by atoms with Crippen molar-refractivity contribution in [1.82, 2.24) is 19.1 Å². The van der Waals surface area contributed by atoms with Gasteiger partial charge in [0.1, 0.15) is 0 Å². The fraction of sp³-hybridized carbons (Fsp3) is 0.190. The number of hydrogen-bond acceptors (Lipinski definition) is 3. The molecule has 27 heavy (non-hydrogen) atoms. The Kier molecular flexibility index (Phi) is 4.71. The van der Waals surface area contributed by atoms with Gasteiger partial charge in [0.25, 0.3) is 5.56 Å². The van der Waals surface area contributed by atoms with Gasteiger partial charge in [0.2, 0.25) is 0 Å². The van der Waals surface area contributed by atoms with Crippen LogP contribution in [0.15, 0.2) is 39.9 Å². The highest BCUT2D eigenvalue weighted by molar-refractivity contribution is 5.71. The number of fused-ring (bicyclic) bond motifs is 1. The minimum Gasteiger partial charge on any atom is -0.325 e. The second-order valence-corrected chi connectivity index (χ2v) is 5.91. The third kappa shape index (κ3) is 3.15. The lowest BCUT2D eigenvalue weighted by atomic mass is 10.2. The van der Waals surface area contributed by atoms with E-state index in [1.165, 1.54) is 4.57 Å². The van der Waals surface area contributed by atoms with Gasteiger partial charge in [-0.2, -0.15) is 0 Å². The average Bonchev–Trinajstić information content (AvgIpc) is 3.11. The molecular formula is C21H16N4O2. The van der Waals surface area contributed by atoms with E-state index in [0.29, 0.717) is 0 Å². The van der Waals surface area contributed by atoms with E-state index in [4.69, 9.17) is 12.8 Å². The number of hydrogen-bond donors (Lipinski definition) is 1. The maximum atomic E-state index is 12.8. The van der Waals surface area contributed by atoms with Gasteiger partial charge in [0.15, 0.2) is 17.0 Å². The van der Waals surface area contributed by atoms with Crippen molar-refractivity contribution in [2.45, 2.75) is 25.9 Å². The van der Waals surface area contributed by atoms with Gasteiger partial charge in [-0.1, -0.05) is 36.0 Å². The first kappa shape index (κ1) is 17.9. The summed E-state index contributed by atoms with van der Waals surface area (Å²) >= 11 is 0. The molecular weight excluding hydrogens is 340 g/mol. The van der Waals surface area contributed by atoms with Crippen LogP contribution in [-0.4, -0.2) is 19.1 Å². The lowest BCUT2D eigenvalue weighted by molar-refractivity contribution is 0.546. The van der Waals surface area contributed by atoms with Crippen molar-refractivity contribution in [3.8, 4) is 36.5 Å². The van der Waals surface area contributed by atoms with Crippen LogP contribution in [0.5, 0.6) is 0 Å². The summed E-state index contributed by atoms with van der Waals surface area (Å²) in [6, 6.07) is 7.99. The van der Waals surface area contributed by atoms with Crippen LogP contribution in [0.4, 0.5) is 0 Å². The molecule has 2 atom stereocenters. The van der Waals surface area contributed by atoms with E-state index in [-0.39, 0.29) is 17.0 Å². The Morgan fingerprint density at radius 2 is 1.63 bits per heavy atom. The summed E-state index contributed by atoms with van der Waals surface area (Å²) in [5, 5.41) is 0. The molecule has 0 saturated carbocycles. The highest BCUT2D eigenvalue weighted by Crippen LogP contribution is 2.12. The van der Waals surface area contributed by atoms with Gasteiger partial charge in [-0.05, 0) is 31.9 Å². The molecule has 0 aliphatic rings. The van der Waals surface area contributed by atoms with Crippen LogP contribution >= 0.6 is 0 Å². The molecule has 3 aromatic rings. The zero-order valence-corrected chi connectivity index (χ0v) is 14.9. The molecule has 0 aliphatic heterocycles. The van der Waals surface area contributed by atoms with Crippen molar-refractivity contribution in [2.75, 3.05) is 0 Å². The van der Waals surface area contributed by atoms with Crippen molar-refractivity contribution in [3.05, 3.63) is 62.6 Å². The second-order valence-electron chi connectivity index (χ2n) is 5.91. The SMILES string of the molecule is C#CC(C)n1c(=O)c2[nH]c(C#Cc3ccccc3)nc2n(C(C)C#C)c1=O. The predicted octanol–water partition coefficient (Wildman–Crippen LogP) is 1.67. The van der Waals surface area contributed by atoms with E-state index in [9.17, 15) is 9.59 Å². The summed E-state index contributed by atoms with van der Waals surface area (Å²) in [6.45, 7) is 3.26. The van der Waals surface area contributed by atoms with Crippen molar-refractivity contribution >= 4 is 11.2 Å². The van der Waals surface area contributed by atoms with Crippen LogP contribution in [0.3, 0.4) is 0 Å². The van der Waals surface area contributed by atoms with E-state index in [0.717, 1.165) is 10.1 Å². The summed E-state index contributed by atoms with van der Waals surface area (Å²) < 4.78 is 2.26. The number of rotatable bonds is 2. The molecule has 0 fully saturated rings. The van der Waals surface area contributed by atoms with Crippen molar-refractivity contribution in [2.24, 2.45) is 0 Å². The first-order valence-electron chi connectivity index (χ1n) is 8.24. The van der Waals surface area contributed by atoms with Crippen LogP contribution in [-0.2, 0) is 0 Å². The first-order chi connectivity index (χ1) is 13.0. The van der Waals surface area contributed by atoms with Gasteiger partial charge in [-0.3, -0.25) is 9.36 Å². The molecule has 0 bridgehead atoms. The number of nitrogens with zero attached hydrogens (tertiary/aromatic N) is 3. The fourth-order valence-electron chi connectivity index (χ4n) is 2.65. The number of benzene rings is 1. The Bertz CT molecular complexity index is 1270.